The zero-order valence-corrected chi connectivity index (χ0v) is 13.4. The van der Waals surface area contributed by atoms with E-state index < -0.39 is 0 Å². The molecule has 0 N–H and O–H groups in total. The quantitative estimate of drug-likeness (QED) is 0.737. The van der Waals surface area contributed by atoms with Gasteiger partial charge in [-0.15, -0.1) is 11.6 Å². The van der Waals surface area contributed by atoms with Gasteiger partial charge in [0.25, 0.3) is 0 Å². The van der Waals surface area contributed by atoms with E-state index >= 15 is 0 Å². The van der Waals surface area contributed by atoms with Crippen LogP contribution in [0.3, 0.4) is 0 Å². The molecule has 0 unspecified atom stereocenters. The van der Waals surface area contributed by atoms with Gasteiger partial charge in [-0.25, -0.2) is 4.98 Å². The Morgan fingerprint density at radius 3 is 2.90 bits per heavy atom. The predicted octanol–water partition coefficient (Wildman–Crippen LogP) is 2.92. The molecule has 1 saturated carbocycles. The van der Waals surface area contributed by atoms with Gasteiger partial charge in [-0.2, -0.15) is 0 Å². The van der Waals surface area contributed by atoms with Crippen LogP contribution in [0.4, 0.5) is 0 Å². The number of para-hydroxylation sites is 1. The summed E-state index contributed by atoms with van der Waals surface area (Å²) in [6.45, 7) is 1.99. The van der Waals surface area contributed by atoms with E-state index in [1.54, 1.807) is 7.11 Å². The third kappa shape index (κ3) is 3.01. The molecular weight excluding hydrogens is 286 g/mol. The molecule has 1 fully saturated rings. The van der Waals surface area contributed by atoms with Crippen molar-refractivity contribution in [2.75, 3.05) is 26.6 Å². The fraction of sp³-hybridized carbons (Fsp3) is 0.562. The Balaban J connectivity index is 1.91. The van der Waals surface area contributed by atoms with E-state index in [9.17, 15) is 0 Å². The second-order valence-corrected chi connectivity index (χ2v) is 6.04. The molecule has 5 heteroatoms. The maximum absolute atomic E-state index is 5.94. The molecule has 4 nitrogen and oxygen atoms in total. The van der Waals surface area contributed by atoms with Gasteiger partial charge in [0, 0.05) is 31.4 Å². The minimum Gasteiger partial charge on any atom is -0.494 e. The normalized spacial score (nSPS) is 15.0. The predicted molar refractivity (Wildman–Crippen MR) is 86.4 cm³/mol. The number of alkyl halides is 1. The van der Waals surface area contributed by atoms with Gasteiger partial charge in [0.05, 0.1) is 12.6 Å². The summed E-state index contributed by atoms with van der Waals surface area (Å²) in [5, 5.41) is 0. The molecule has 1 aromatic heterocycles. The lowest BCUT2D eigenvalue weighted by atomic mass is 10.3. The highest BCUT2D eigenvalue weighted by molar-refractivity contribution is 6.17. The zero-order valence-electron chi connectivity index (χ0n) is 12.7. The number of methoxy groups -OCH3 is 1. The van der Waals surface area contributed by atoms with Crippen LogP contribution in [0, 0.1) is 0 Å². The summed E-state index contributed by atoms with van der Waals surface area (Å²) in [6, 6.07) is 6.88. The van der Waals surface area contributed by atoms with Crippen molar-refractivity contribution in [2.45, 2.75) is 31.8 Å². The minimum absolute atomic E-state index is 0.587. The Bertz CT molecular complexity index is 621. The van der Waals surface area contributed by atoms with E-state index in [4.69, 9.17) is 21.3 Å². The summed E-state index contributed by atoms with van der Waals surface area (Å²) in [4.78, 5) is 7.19. The van der Waals surface area contributed by atoms with Crippen molar-refractivity contribution in [3.8, 4) is 5.75 Å². The smallest absolute Gasteiger partial charge is 0.146 e. The Morgan fingerprint density at radius 1 is 1.43 bits per heavy atom. The number of likely N-dealkylation sites (N-methyl/N-ethyl adjacent to an activating group) is 1. The highest BCUT2D eigenvalue weighted by atomic mass is 35.5. The lowest BCUT2D eigenvalue weighted by Crippen LogP contribution is -2.25. The van der Waals surface area contributed by atoms with E-state index in [0.717, 1.165) is 48.2 Å². The molecule has 0 saturated heterocycles. The van der Waals surface area contributed by atoms with Gasteiger partial charge in [-0.1, -0.05) is 6.07 Å². The number of fused-ring (bicyclic) bond motifs is 1. The summed E-state index contributed by atoms with van der Waals surface area (Å²) in [7, 11) is 3.90. The van der Waals surface area contributed by atoms with Gasteiger partial charge in [-0.3, -0.25) is 0 Å². The standard InChI is InChI=1S/C16H22ClN3O/c1-19(12-6-7-12)10-11-20-13-4-3-5-14(21-2)16(13)18-15(20)8-9-17/h3-5,12H,6-11H2,1-2H3. The average molecular weight is 308 g/mol. The number of halogens is 1. The van der Waals surface area contributed by atoms with Crippen molar-refractivity contribution in [1.29, 1.82) is 0 Å². The topological polar surface area (TPSA) is 30.3 Å². The number of nitrogens with zero attached hydrogens (tertiary/aromatic N) is 3. The van der Waals surface area contributed by atoms with Crippen LogP contribution in [0.5, 0.6) is 5.75 Å². The number of hydrogen-bond donors (Lipinski definition) is 0. The molecule has 0 aliphatic heterocycles. The van der Waals surface area contributed by atoms with Gasteiger partial charge < -0.3 is 14.2 Å². The van der Waals surface area contributed by atoms with Crippen LogP contribution >= 0.6 is 11.6 Å². The number of aromatic nitrogens is 2. The number of benzene rings is 1. The van der Waals surface area contributed by atoms with E-state index in [1.165, 1.54) is 12.8 Å². The van der Waals surface area contributed by atoms with Gasteiger partial charge in [0.15, 0.2) is 0 Å². The number of hydrogen-bond acceptors (Lipinski definition) is 3. The fourth-order valence-corrected chi connectivity index (χ4v) is 2.98. The second-order valence-electron chi connectivity index (χ2n) is 5.66. The third-order valence-corrected chi connectivity index (χ3v) is 4.39. The maximum atomic E-state index is 5.94. The monoisotopic (exact) mass is 307 g/mol. The summed E-state index contributed by atoms with van der Waals surface area (Å²) in [5.74, 6) is 2.47. The van der Waals surface area contributed by atoms with Gasteiger partial charge in [-0.05, 0) is 32.0 Å². The number of ether oxygens (including phenoxy) is 1. The fourth-order valence-electron chi connectivity index (χ4n) is 2.81. The SMILES string of the molecule is COc1cccc2c1nc(CCCl)n2CCN(C)C1CC1. The Labute approximate surface area is 130 Å². The highest BCUT2D eigenvalue weighted by Crippen LogP contribution is 2.28. The lowest BCUT2D eigenvalue weighted by Gasteiger charge is -2.17. The van der Waals surface area contributed by atoms with Crippen molar-refractivity contribution in [2.24, 2.45) is 0 Å². The molecule has 0 atom stereocenters. The number of rotatable bonds is 7. The summed E-state index contributed by atoms with van der Waals surface area (Å²) >= 11 is 5.94. The van der Waals surface area contributed by atoms with Crippen LogP contribution in [-0.2, 0) is 13.0 Å². The lowest BCUT2D eigenvalue weighted by molar-refractivity contribution is 0.309. The van der Waals surface area contributed by atoms with Gasteiger partial charge >= 0.3 is 0 Å². The molecule has 1 aliphatic rings. The first kappa shape index (κ1) is 14.7. The van der Waals surface area contributed by atoms with Crippen molar-refractivity contribution >= 4 is 22.6 Å². The number of imidazole rings is 1. The summed E-state index contributed by atoms with van der Waals surface area (Å²) in [5.41, 5.74) is 2.08. The van der Waals surface area contributed by atoms with Crippen LogP contribution in [0.1, 0.15) is 18.7 Å². The molecule has 3 rings (SSSR count). The molecule has 2 aromatic rings. The van der Waals surface area contributed by atoms with Gasteiger partial charge in [0.2, 0.25) is 0 Å². The average Bonchev–Trinajstić information content (AvgIpc) is 3.28. The molecule has 0 bridgehead atoms. The maximum Gasteiger partial charge on any atom is 0.146 e. The van der Waals surface area contributed by atoms with E-state index in [2.05, 4.69) is 22.6 Å². The Kier molecular flexibility index (Phi) is 4.36. The first-order valence-corrected chi connectivity index (χ1v) is 8.06. The molecule has 1 heterocycles. The van der Waals surface area contributed by atoms with Crippen molar-refractivity contribution in [3.63, 3.8) is 0 Å². The molecule has 1 aliphatic carbocycles. The highest BCUT2D eigenvalue weighted by Gasteiger charge is 2.26. The Morgan fingerprint density at radius 2 is 2.24 bits per heavy atom. The number of aryl methyl sites for hydroxylation is 1. The molecular formula is C16H22ClN3O. The second kappa shape index (κ2) is 6.24. The van der Waals surface area contributed by atoms with E-state index in [0.29, 0.717) is 5.88 Å². The third-order valence-electron chi connectivity index (χ3n) is 4.21. The summed E-state index contributed by atoms with van der Waals surface area (Å²) in [6.07, 6.45) is 3.46. The molecule has 1 aromatic carbocycles. The van der Waals surface area contributed by atoms with Crippen molar-refractivity contribution in [3.05, 3.63) is 24.0 Å². The van der Waals surface area contributed by atoms with Crippen LogP contribution in [0.15, 0.2) is 18.2 Å². The zero-order chi connectivity index (χ0) is 14.8. The molecule has 21 heavy (non-hydrogen) atoms. The largest absolute Gasteiger partial charge is 0.494 e. The molecule has 0 amide bonds. The van der Waals surface area contributed by atoms with Crippen molar-refractivity contribution < 1.29 is 4.74 Å². The molecule has 0 radical (unpaired) electrons. The van der Waals surface area contributed by atoms with E-state index in [-0.39, 0.29) is 0 Å². The molecule has 114 valence electrons. The van der Waals surface area contributed by atoms with Crippen LogP contribution in [0.25, 0.3) is 11.0 Å². The van der Waals surface area contributed by atoms with Gasteiger partial charge in [0.1, 0.15) is 17.1 Å². The van der Waals surface area contributed by atoms with Crippen LogP contribution < -0.4 is 4.74 Å². The first-order valence-electron chi connectivity index (χ1n) is 7.53. The summed E-state index contributed by atoms with van der Waals surface area (Å²) < 4.78 is 7.72. The van der Waals surface area contributed by atoms with E-state index in [1.807, 2.05) is 12.1 Å². The first-order chi connectivity index (χ1) is 10.2. The minimum atomic E-state index is 0.587. The van der Waals surface area contributed by atoms with Crippen molar-refractivity contribution in [1.82, 2.24) is 14.5 Å². The van der Waals surface area contributed by atoms with Crippen LogP contribution in [0.2, 0.25) is 0 Å². The Hall–Kier alpha value is -1.26. The molecule has 0 spiro atoms. The van der Waals surface area contributed by atoms with Crippen LogP contribution in [-0.4, -0.2) is 47.1 Å².